The molecule has 3 aromatic rings. The summed E-state index contributed by atoms with van der Waals surface area (Å²) in [5, 5.41) is 2.94. The van der Waals surface area contributed by atoms with Crippen molar-refractivity contribution in [3.8, 4) is 0 Å². The molecular formula is C19H17N3O5. The van der Waals surface area contributed by atoms with Crippen LogP contribution in [-0.4, -0.2) is 28.5 Å². The Bertz CT molecular complexity index is 1130. The predicted octanol–water partition coefficient (Wildman–Crippen LogP) is 1.68. The second kappa shape index (κ2) is 7.28. The molecule has 0 unspecified atom stereocenters. The molecule has 27 heavy (non-hydrogen) atoms. The van der Waals surface area contributed by atoms with Gasteiger partial charge >= 0.3 is 11.7 Å². The number of amides is 1. The average molecular weight is 367 g/mol. The molecule has 0 aliphatic rings. The van der Waals surface area contributed by atoms with Gasteiger partial charge in [-0.1, -0.05) is 12.1 Å². The van der Waals surface area contributed by atoms with Gasteiger partial charge in [-0.3, -0.25) is 9.59 Å². The minimum Gasteiger partial charge on any atom is -0.465 e. The van der Waals surface area contributed by atoms with Gasteiger partial charge in [0.15, 0.2) is 0 Å². The van der Waals surface area contributed by atoms with E-state index in [2.05, 4.69) is 15.0 Å². The molecule has 1 amide bonds. The molecule has 3 rings (SSSR count). The fourth-order valence-corrected chi connectivity index (χ4v) is 2.70. The molecule has 1 aromatic heterocycles. The summed E-state index contributed by atoms with van der Waals surface area (Å²) in [6, 6.07) is 11.6. The van der Waals surface area contributed by atoms with Gasteiger partial charge in [-0.2, -0.15) is 0 Å². The Labute approximate surface area is 153 Å². The van der Waals surface area contributed by atoms with Crippen molar-refractivity contribution in [3.63, 3.8) is 0 Å². The molecule has 0 radical (unpaired) electrons. The standard InChI is InChI=1S/C19H17N3O5/c1-11(16(23)20-13-9-7-12(8-10-13)18(25)27-2)22-17(24)14-5-3-4-6-15(14)21-19(22)26/h3-11H,1-2H3,(H,20,23)(H,21,26)/t11-/m0/s1. The smallest absolute Gasteiger partial charge is 0.337 e. The first-order valence-corrected chi connectivity index (χ1v) is 8.15. The normalized spacial score (nSPS) is 11.8. The van der Waals surface area contributed by atoms with E-state index in [1.807, 2.05) is 0 Å². The molecule has 0 aliphatic carbocycles. The second-order valence-electron chi connectivity index (χ2n) is 5.89. The zero-order valence-corrected chi connectivity index (χ0v) is 14.7. The van der Waals surface area contributed by atoms with Crippen molar-refractivity contribution >= 4 is 28.5 Å². The number of anilines is 1. The molecule has 8 nitrogen and oxygen atoms in total. The van der Waals surface area contributed by atoms with Crippen molar-refractivity contribution in [2.75, 3.05) is 12.4 Å². The molecule has 2 N–H and O–H groups in total. The van der Waals surface area contributed by atoms with Crippen LogP contribution in [0.5, 0.6) is 0 Å². The van der Waals surface area contributed by atoms with Crippen LogP contribution in [-0.2, 0) is 9.53 Å². The molecule has 1 heterocycles. The maximum absolute atomic E-state index is 12.6. The Balaban J connectivity index is 1.88. The molecule has 0 saturated heterocycles. The predicted molar refractivity (Wildman–Crippen MR) is 100.0 cm³/mol. The van der Waals surface area contributed by atoms with E-state index in [1.54, 1.807) is 24.3 Å². The van der Waals surface area contributed by atoms with Gasteiger partial charge in [0.1, 0.15) is 6.04 Å². The van der Waals surface area contributed by atoms with E-state index in [0.717, 1.165) is 4.57 Å². The van der Waals surface area contributed by atoms with E-state index in [9.17, 15) is 19.2 Å². The van der Waals surface area contributed by atoms with Crippen molar-refractivity contribution < 1.29 is 14.3 Å². The highest BCUT2D eigenvalue weighted by Crippen LogP contribution is 2.13. The van der Waals surface area contributed by atoms with Crippen LogP contribution in [0.2, 0.25) is 0 Å². The third kappa shape index (κ3) is 3.50. The number of fused-ring (bicyclic) bond motifs is 1. The summed E-state index contributed by atoms with van der Waals surface area (Å²) in [4.78, 5) is 51.4. The molecule has 138 valence electrons. The van der Waals surface area contributed by atoms with Crippen LogP contribution in [0, 0.1) is 0 Å². The maximum atomic E-state index is 12.6. The topological polar surface area (TPSA) is 110 Å². The Morgan fingerprint density at radius 3 is 2.41 bits per heavy atom. The molecule has 1 atom stereocenters. The van der Waals surface area contributed by atoms with E-state index in [4.69, 9.17) is 0 Å². The second-order valence-corrected chi connectivity index (χ2v) is 5.89. The number of rotatable bonds is 4. The number of nitrogens with zero attached hydrogens (tertiary/aromatic N) is 1. The molecule has 0 spiro atoms. The van der Waals surface area contributed by atoms with Gasteiger partial charge in [0.05, 0.1) is 23.6 Å². The Morgan fingerprint density at radius 1 is 1.07 bits per heavy atom. The van der Waals surface area contributed by atoms with Crippen molar-refractivity contribution in [2.24, 2.45) is 0 Å². The summed E-state index contributed by atoms with van der Waals surface area (Å²) in [5.41, 5.74) is -0.0364. The number of methoxy groups -OCH3 is 1. The number of hydrogen-bond donors (Lipinski definition) is 2. The molecule has 2 aromatic carbocycles. The monoisotopic (exact) mass is 367 g/mol. The summed E-state index contributed by atoms with van der Waals surface area (Å²) in [7, 11) is 1.28. The number of aromatic nitrogens is 2. The van der Waals surface area contributed by atoms with Crippen molar-refractivity contribution in [1.82, 2.24) is 9.55 Å². The first kappa shape index (κ1) is 18.1. The van der Waals surface area contributed by atoms with E-state index >= 15 is 0 Å². The Kier molecular flexibility index (Phi) is 4.89. The Morgan fingerprint density at radius 2 is 1.74 bits per heavy atom. The number of ether oxygens (including phenoxy) is 1. The maximum Gasteiger partial charge on any atom is 0.337 e. The largest absolute Gasteiger partial charge is 0.465 e. The van der Waals surface area contributed by atoms with Crippen molar-refractivity contribution in [3.05, 3.63) is 74.9 Å². The summed E-state index contributed by atoms with van der Waals surface area (Å²) >= 11 is 0. The summed E-state index contributed by atoms with van der Waals surface area (Å²) in [6.45, 7) is 1.46. The van der Waals surface area contributed by atoms with E-state index in [-0.39, 0.29) is 0 Å². The minimum absolute atomic E-state index is 0.319. The average Bonchev–Trinajstić information content (AvgIpc) is 2.67. The SMILES string of the molecule is COC(=O)c1ccc(NC(=O)[C@H](C)n2c(=O)[nH]c3ccccc3c2=O)cc1. The number of carbonyl (C=O) groups excluding carboxylic acids is 2. The van der Waals surface area contributed by atoms with Gasteiger partial charge in [-0.25, -0.2) is 14.2 Å². The number of aromatic amines is 1. The highest BCUT2D eigenvalue weighted by molar-refractivity contribution is 5.95. The molecule has 8 heteroatoms. The third-order valence-electron chi connectivity index (χ3n) is 4.18. The van der Waals surface area contributed by atoms with E-state index in [0.29, 0.717) is 22.2 Å². The van der Waals surface area contributed by atoms with Crippen molar-refractivity contribution in [1.29, 1.82) is 0 Å². The van der Waals surface area contributed by atoms with Gasteiger partial charge in [-0.15, -0.1) is 0 Å². The first-order valence-electron chi connectivity index (χ1n) is 8.15. The van der Waals surface area contributed by atoms with Gasteiger partial charge in [0.2, 0.25) is 5.91 Å². The minimum atomic E-state index is -1.04. The number of carbonyl (C=O) groups is 2. The molecular weight excluding hydrogens is 350 g/mol. The van der Waals surface area contributed by atoms with Crippen LogP contribution in [0.1, 0.15) is 23.3 Å². The summed E-state index contributed by atoms with van der Waals surface area (Å²) in [5.74, 6) is -1.03. The van der Waals surface area contributed by atoms with Gasteiger partial charge in [-0.05, 0) is 43.3 Å². The van der Waals surface area contributed by atoms with Crippen LogP contribution in [0.3, 0.4) is 0 Å². The van der Waals surface area contributed by atoms with Crippen LogP contribution >= 0.6 is 0 Å². The van der Waals surface area contributed by atoms with Crippen LogP contribution in [0.4, 0.5) is 5.69 Å². The fourth-order valence-electron chi connectivity index (χ4n) is 2.70. The molecule has 0 bridgehead atoms. The first-order chi connectivity index (χ1) is 12.9. The van der Waals surface area contributed by atoms with E-state index < -0.39 is 29.2 Å². The van der Waals surface area contributed by atoms with Crippen LogP contribution in [0.15, 0.2) is 58.1 Å². The highest BCUT2D eigenvalue weighted by Gasteiger charge is 2.20. The van der Waals surface area contributed by atoms with E-state index in [1.165, 1.54) is 38.3 Å². The Hall–Kier alpha value is -3.68. The molecule has 0 aliphatic heterocycles. The molecule has 0 fully saturated rings. The van der Waals surface area contributed by atoms with Crippen molar-refractivity contribution in [2.45, 2.75) is 13.0 Å². The summed E-state index contributed by atoms with van der Waals surface area (Å²) < 4.78 is 5.49. The zero-order chi connectivity index (χ0) is 19.6. The summed E-state index contributed by atoms with van der Waals surface area (Å²) in [6.07, 6.45) is 0. The fraction of sp³-hybridized carbons (Fsp3) is 0.158. The van der Waals surface area contributed by atoms with Gasteiger partial charge < -0.3 is 15.0 Å². The van der Waals surface area contributed by atoms with Crippen LogP contribution in [0.25, 0.3) is 10.9 Å². The quantitative estimate of drug-likeness (QED) is 0.682. The number of benzene rings is 2. The number of nitrogens with one attached hydrogen (secondary N) is 2. The lowest BCUT2D eigenvalue weighted by Gasteiger charge is -2.15. The lowest BCUT2D eigenvalue weighted by atomic mass is 10.2. The number of esters is 1. The third-order valence-corrected chi connectivity index (χ3v) is 4.18. The lowest BCUT2D eigenvalue weighted by Crippen LogP contribution is -2.41. The lowest BCUT2D eigenvalue weighted by molar-refractivity contribution is -0.119. The number of para-hydroxylation sites is 1. The number of H-pyrrole nitrogens is 1. The van der Waals surface area contributed by atoms with Crippen LogP contribution < -0.4 is 16.6 Å². The highest BCUT2D eigenvalue weighted by atomic mass is 16.5. The molecule has 0 saturated carbocycles. The zero-order valence-electron chi connectivity index (χ0n) is 14.7. The van der Waals surface area contributed by atoms with Gasteiger partial charge in [0, 0.05) is 5.69 Å². The number of hydrogen-bond acceptors (Lipinski definition) is 5. The van der Waals surface area contributed by atoms with Gasteiger partial charge in [0.25, 0.3) is 5.56 Å².